The number of ether oxygens (including phenoxy) is 2. The van der Waals surface area contributed by atoms with E-state index < -0.39 is 0 Å². The quantitative estimate of drug-likeness (QED) is 0.672. The third-order valence-electron chi connectivity index (χ3n) is 5.57. The molecule has 0 saturated carbocycles. The third kappa shape index (κ3) is 4.74. The van der Waals surface area contributed by atoms with Crippen molar-refractivity contribution in [1.29, 1.82) is 0 Å². The Balaban J connectivity index is 1.22. The molecule has 3 N–H and O–H groups in total. The lowest BCUT2D eigenvalue weighted by Gasteiger charge is -2.32. The minimum absolute atomic E-state index is 0.0350. The summed E-state index contributed by atoms with van der Waals surface area (Å²) in [6.07, 6.45) is 4.11. The summed E-state index contributed by atoms with van der Waals surface area (Å²) < 4.78 is 10.6. The molecule has 28 heavy (non-hydrogen) atoms. The van der Waals surface area contributed by atoms with Crippen LogP contribution in [0.2, 0.25) is 0 Å². The van der Waals surface area contributed by atoms with E-state index in [9.17, 15) is 9.59 Å². The molecule has 0 aromatic heterocycles. The van der Waals surface area contributed by atoms with E-state index in [4.69, 9.17) is 9.47 Å². The van der Waals surface area contributed by atoms with E-state index in [2.05, 4.69) is 20.9 Å². The second-order valence-corrected chi connectivity index (χ2v) is 7.75. The van der Waals surface area contributed by atoms with Crippen LogP contribution in [0.5, 0.6) is 11.5 Å². The topological polar surface area (TPSA) is 91.9 Å². The monoisotopic (exact) mass is 388 g/mol. The Morgan fingerprint density at radius 2 is 2.07 bits per heavy atom. The molecule has 1 aromatic rings. The normalized spacial score (nSPS) is 24.1. The van der Waals surface area contributed by atoms with Crippen molar-refractivity contribution >= 4 is 17.5 Å². The number of benzene rings is 1. The van der Waals surface area contributed by atoms with Gasteiger partial charge in [0.25, 0.3) is 0 Å². The largest absolute Gasteiger partial charge is 0.454 e. The van der Waals surface area contributed by atoms with E-state index in [-0.39, 0.29) is 24.6 Å². The van der Waals surface area contributed by atoms with Crippen LogP contribution in [-0.2, 0) is 9.59 Å². The van der Waals surface area contributed by atoms with Gasteiger partial charge < -0.3 is 25.4 Å². The Morgan fingerprint density at radius 3 is 2.93 bits per heavy atom. The highest BCUT2D eigenvalue weighted by atomic mass is 16.7. The van der Waals surface area contributed by atoms with E-state index in [0.29, 0.717) is 36.2 Å². The second kappa shape index (κ2) is 8.79. The Morgan fingerprint density at radius 1 is 1.18 bits per heavy atom. The van der Waals surface area contributed by atoms with Crippen molar-refractivity contribution in [2.24, 2.45) is 5.92 Å². The molecule has 8 nitrogen and oxygen atoms in total. The number of fused-ring (bicyclic) bond motifs is 1. The molecule has 2 unspecified atom stereocenters. The first kappa shape index (κ1) is 19.0. The summed E-state index contributed by atoms with van der Waals surface area (Å²) in [5, 5.41) is 9.23. The van der Waals surface area contributed by atoms with Crippen LogP contribution in [0.3, 0.4) is 0 Å². The molecule has 3 aliphatic rings. The Bertz CT molecular complexity index is 720. The number of likely N-dealkylation sites (tertiary alicyclic amines) is 1. The molecule has 2 atom stereocenters. The molecule has 0 bridgehead atoms. The van der Waals surface area contributed by atoms with Gasteiger partial charge in [-0.05, 0) is 56.8 Å². The van der Waals surface area contributed by atoms with Gasteiger partial charge in [0.05, 0.1) is 12.6 Å². The van der Waals surface area contributed by atoms with E-state index >= 15 is 0 Å². The Labute approximate surface area is 164 Å². The molecule has 0 spiro atoms. The van der Waals surface area contributed by atoms with Gasteiger partial charge in [-0.25, -0.2) is 0 Å². The lowest BCUT2D eigenvalue weighted by molar-refractivity contribution is -0.123. The van der Waals surface area contributed by atoms with Crippen molar-refractivity contribution in [3.8, 4) is 11.5 Å². The molecule has 3 aliphatic heterocycles. The summed E-state index contributed by atoms with van der Waals surface area (Å²) in [4.78, 5) is 26.7. The van der Waals surface area contributed by atoms with Crippen molar-refractivity contribution in [2.75, 3.05) is 44.8 Å². The number of nitrogens with one attached hydrogen (secondary N) is 3. The first-order valence-corrected chi connectivity index (χ1v) is 10.1. The average Bonchev–Trinajstić information content (AvgIpc) is 3.38. The van der Waals surface area contributed by atoms with Crippen LogP contribution in [0.1, 0.15) is 25.7 Å². The van der Waals surface area contributed by atoms with Gasteiger partial charge in [-0.2, -0.15) is 0 Å². The van der Waals surface area contributed by atoms with Crippen LogP contribution in [0.15, 0.2) is 18.2 Å². The molecule has 4 rings (SSSR count). The number of carbonyl (C=O) groups excluding carboxylic acids is 2. The molecular formula is C20H28N4O4. The van der Waals surface area contributed by atoms with Gasteiger partial charge in [0, 0.05) is 24.8 Å². The van der Waals surface area contributed by atoms with Crippen LogP contribution in [-0.4, -0.2) is 62.3 Å². The molecule has 152 valence electrons. The highest BCUT2D eigenvalue weighted by Gasteiger charge is 2.25. The maximum absolute atomic E-state index is 12.4. The minimum atomic E-state index is -0.0429. The van der Waals surface area contributed by atoms with E-state index in [1.165, 1.54) is 0 Å². The van der Waals surface area contributed by atoms with Crippen molar-refractivity contribution in [3.63, 3.8) is 0 Å². The van der Waals surface area contributed by atoms with Gasteiger partial charge in [-0.3, -0.25) is 14.5 Å². The van der Waals surface area contributed by atoms with E-state index in [0.717, 1.165) is 45.3 Å². The predicted octanol–water partition coefficient (Wildman–Crippen LogP) is 0.934. The average molecular weight is 388 g/mol. The minimum Gasteiger partial charge on any atom is -0.454 e. The smallest absolute Gasteiger partial charge is 0.238 e. The lowest BCUT2D eigenvalue weighted by Crippen LogP contribution is -2.46. The number of nitrogens with zero attached hydrogens (tertiary/aromatic N) is 1. The van der Waals surface area contributed by atoms with Crippen LogP contribution in [0.25, 0.3) is 0 Å². The number of anilines is 1. The molecule has 0 radical (unpaired) electrons. The zero-order valence-electron chi connectivity index (χ0n) is 16.0. The van der Waals surface area contributed by atoms with E-state index in [1.54, 1.807) is 12.1 Å². The van der Waals surface area contributed by atoms with E-state index in [1.807, 2.05) is 6.07 Å². The lowest BCUT2D eigenvalue weighted by atomic mass is 9.98. The Kier molecular flexibility index (Phi) is 5.97. The fourth-order valence-corrected chi connectivity index (χ4v) is 4.12. The summed E-state index contributed by atoms with van der Waals surface area (Å²) in [6.45, 7) is 3.90. The number of hydrogen-bond acceptors (Lipinski definition) is 6. The zero-order valence-corrected chi connectivity index (χ0v) is 16.0. The predicted molar refractivity (Wildman–Crippen MR) is 104 cm³/mol. The molecule has 2 amide bonds. The van der Waals surface area contributed by atoms with Gasteiger partial charge in [0.15, 0.2) is 11.5 Å². The maximum atomic E-state index is 12.4. The summed E-state index contributed by atoms with van der Waals surface area (Å²) in [5.41, 5.74) is 0.708. The molecule has 2 saturated heterocycles. The molecular weight excluding hydrogens is 360 g/mol. The molecule has 3 heterocycles. The van der Waals surface area contributed by atoms with Crippen LogP contribution >= 0.6 is 0 Å². The highest BCUT2D eigenvalue weighted by Crippen LogP contribution is 2.34. The van der Waals surface area contributed by atoms with Crippen LogP contribution in [0.4, 0.5) is 5.69 Å². The first-order valence-electron chi connectivity index (χ1n) is 10.1. The summed E-state index contributed by atoms with van der Waals surface area (Å²) >= 11 is 0. The number of rotatable bonds is 6. The van der Waals surface area contributed by atoms with Crippen molar-refractivity contribution < 1.29 is 19.1 Å². The number of hydrogen-bond donors (Lipinski definition) is 3. The van der Waals surface area contributed by atoms with Gasteiger partial charge in [-0.1, -0.05) is 0 Å². The van der Waals surface area contributed by atoms with Gasteiger partial charge in [-0.15, -0.1) is 0 Å². The third-order valence-corrected chi connectivity index (χ3v) is 5.57. The Hall–Kier alpha value is -2.32. The number of piperidine rings is 1. The van der Waals surface area contributed by atoms with Gasteiger partial charge in [0.1, 0.15) is 0 Å². The fraction of sp³-hybridized carbons (Fsp3) is 0.600. The number of carbonyl (C=O) groups is 2. The van der Waals surface area contributed by atoms with Gasteiger partial charge >= 0.3 is 0 Å². The first-order chi connectivity index (χ1) is 13.7. The zero-order chi connectivity index (χ0) is 19.3. The fourth-order valence-electron chi connectivity index (χ4n) is 4.12. The highest BCUT2D eigenvalue weighted by molar-refractivity contribution is 5.92. The summed E-state index contributed by atoms with van der Waals surface area (Å²) in [7, 11) is 0. The standard InChI is InChI=1S/C20H28N4O4/c25-19(23-15-5-6-17-18(9-15)28-13-27-17)12-24-8-2-3-14(11-24)10-22-20(26)16-4-1-7-21-16/h5-6,9,14,16,21H,1-4,7-8,10-13H2,(H,22,26)(H,23,25). The molecule has 8 heteroatoms. The maximum Gasteiger partial charge on any atom is 0.238 e. The van der Waals surface area contributed by atoms with Crippen LogP contribution < -0.4 is 25.4 Å². The molecule has 0 aliphatic carbocycles. The van der Waals surface area contributed by atoms with Crippen LogP contribution in [0, 0.1) is 5.92 Å². The van der Waals surface area contributed by atoms with Gasteiger partial charge in [0.2, 0.25) is 18.6 Å². The summed E-state index contributed by atoms with van der Waals surface area (Å²) in [5.74, 6) is 1.81. The van der Waals surface area contributed by atoms with Crippen molar-refractivity contribution in [1.82, 2.24) is 15.5 Å². The van der Waals surface area contributed by atoms with Crippen molar-refractivity contribution in [3.05, 3.63) is 18.2 Å². The summed E-state index contributed by atoms with van der Waals surface area (Å²) in [6, 6.07) is 5.37. The van der Waals surface area contributed by atoms with Crippen molar-refractivity contribution in [2.45, 2.75) is 31.7 Å². The second-order valence-electron chi connectivity index (χ2n) is 7.75. The SMILES string of the molecule is O=C(CN1CCCC(CNC(=O)C2CCCN2)C1)Nc1ccc2c(c1)OCO2. The molecule has 2 fully saturated rings. The molecule has 1 aromatic carbocycles. The number of amides is 2.